The molecule has 0 saturated heterocycles. The number of aliphatic hydroxyl groups is 2. The molecule has 0 aromatic carbocycles. The first-order valence-electron chi connectivity index (χ1n) is 5.19. The first kappa shape index (κ1) is 14.4. The van der Waals surface area contributed by atoms with E-state index in [9.17, 15) is 15.0 Å². The molecule has 0 aliphatic carbocycles. The van der Waals surface area contributed by atoms with E-state index in [4.69, 9.17) is 4.74 Å². The normalized spacial score (nSPS) is 14.4. The summed E-state index contributed by atoms with van der Waals surface area (Å²) in [6.45, 7) is 1.93. The average molecular weight is 277 g/mol. The Morgan fingerprint density at radius 3 is 2.94 bits per heavy atom. The van der Waals surface area contributed by atoms with E-state index in [2.05, 4.69) is 17.6 Å². The van der Waals surface area contributed by atoms with E-state index in [0.717, 1.165) is 11.3 Å². The minimum atomic E-state index is -1.13. The minimum Gasteiger partial charge on any atom is -0.461 e. The van der Waals surface area contributed by atoms with Crippen molar-refractivity contribution in [2.45, 2.75) is 25.6 Å². The molecule has 2 unspecified atom stereocenters. The first-order chi connectivity index (χ1) is 8.11. The van der Waals surface area contributed by atoms with Gasteiger partial charge in [-0.25, -0.2) is 9.78 Å². The summed E-state index contributed by atoms with van der Waals surface area (Å²) in [4.78, 5) is 15.7. The number of thiazole rings is 1. The molecule has 2 N–H and O–H groups in total. The van der Waals surface area contributed by atoms with Gasteiger partial charge in [0.1, 0.15) is 6.10 Å². The molecule has 1 aromatic heterocycles. The predicted octanol–water partition coefficient (Wildman–Crippen LogP) is 1.03. The number of carbonyl (C=O) groups excluding carboxylic acids is 1. The number of ether oxygens (including phenoxy) is 1. The molecular formula is C10H15NO4S2. The lowest BCUT2D eigenvalue weighted by molar-refractivity contribution is 0.0177. The van der Waals surface area contributed by atoms with Crippen LogP contribution in [-0.2, 0) is 4.74 Å². The lowest BCUT2D eigenvalue weighted by Crippen LogP contribution is -2.20. The fraction of sp³-hybridized carbons (Fsp3) is 0.600. The molecule has 2 atom stereocenters. The Balaban J connectivity index is 2.83. The molecule has 0 amide bonds. The van der Waals surface area contributed by atoms with Crippen molar-refractivity contribution < 1.29 is 19.7 Å². The van der Waals surface area contributed by atoms with Crippen LogP contribution in [0.4, 0.5) is 0 Å². The molecule has 7 heteroatoms. The summed E-state index contributed by atoms with van der Waals surface area (Å²) < 4.78 is 4.81. The molecular weight excluding hydrogens is 262 g/mol. The van der Waals surface area contributed by atoms with Gasteiger partial charge in [-0.1, -0.05) is 0 Å². The van der Waals surface area contributed by atoms with Gasteiger partial charge in [-0.2, -0.15) is 12.6 Å². The first-order valence-corrected chi connectivity index (χ1v) is 6.70. The van der Waals surface area contributed by atoms with E-state index in [0.29, 0.717) is 17.1 Å². The predicted molar refractivity (Wildman–Crippen MR) is 67.5 cm³/mol. The van der Waals surface area contributed by atoms with Gasteiger partial charge in [0.05, 0.1) is 23.1 Å². The third-order valence-electron chi connectivity index (χ3n) is 2.12. The highest BCUT2D eigenvalue weighted by molar-refractivity contribution is 7.80. The summed E-state index contributed by atoms with van der Waals surface area (Å²) in [7, 11) is 0. The van der Waals surface area contributed by atoms with Gasteiger partial charge in [-0.15, -0.1) is 11.3 Å². The summed E-state index contributed by atoms with van der Waals surface area (Å²) in [6, 6.07) is 0. The number of hydrogen-bond donors (Lipinski definition) is 3. The Kier molecular flexibility index (Phi) is 5.90. The Labute approximate surface area is 109 Å². The van der Waals surface area contributed by atoms with Gasteiger partial charge in [-0.05, 0) is 19.1 Å². The monoisotopic (exact) mass is 277 g/mol. The van der Waals surface area contributed by atoms with Crippen LogP contribution in [0, 0.1) is 0 Å². The number of aliphatic hydroxyl groups excluding tert-OH is 2. The van der Waals surface area contributed by atoms with Crippen LogP contribution >= 0.6 is 24.0 Å². The molecule has 5 nitrogen and oxygen atoms in total. The van der Waals surface area contributed by atoms with Gasteiger partial charge in [0.2, 0.25) is 0 Å². The van der Waals surface area contributed by atoms with E-state index in [1.54, 1.807) is 6.92 Å². The van der Waals surface area contributed by atoms with E-state index in [-0.39, 0.29) is 12.3 Å². The Morgan fingerprint density at radius 1 is 1.65 bits per heavy atom. The molecule has 0 bridgehead atoms. The zero-order chi connectivity index (χ0) is 12.8. The van der Waals surface area contributed by atoms with Crippen molar-refractivity contribution in [1.82, 2.24) is 4.98 Å². The standard InChI is InChI=1S/C10H15NO4S2/c1-2-15-10(14)7-9(17-5-11-7)8(13)6(12)3-4-16/h5-6,8,12-13,16H,2-4H2,1H3. The van der Waals surface area contributed by atoms with Crippen LogP contribution in [0.3, 0.4) is 0 Å². The number of hydrogen-bond acceptors (Lipinski definition) is 7. The fourth-order valence-electron chi connectivity index (χ4n) is 1.28. The highest BCUT2D eigenvalue weighted by Gasteiger charge is 2.26. The van der Waals surface area contributed by atoms with Crippen molar-refractivity contribution in [1.29, 1.82) is 0 Å². The second kappa shape index (κ2) is 6.95. The van der Waals surface area contributed by atoms with Crippen LogP contribution in [0.15, 0.2) is 5.51 Å². The van der Waals surface area contributed by atoms with Gasteiger partial charge in [0.25, 0.3) is 0 Å². The van der Waals surface area contributed by atoms with Crippen molar-refractivity contribution in [2.75, 3.05) is 12.4 Å². The van der Waals surface area contributed by atoms with E-state index >= 15 is 0 Å². The SMILES string of the molecule is CCOC(=O)c1ncsc1C(O)C(O)CCS. The van der Waals surface area contributed by atoms with Crippen molar-refractivity contribution in [3.63, 3.8) is 0 Å². The molecule has 0 spiro atoms. The molecule has 17 heavy (non-hydrogen) atoms. The fourth-order valence-corrected chi connectivity index (χ4v) is 2.36. The lowest BCUT2D eigenvalue weighted by atomic mass is 10.1. The lowest BCUT2D eigenvalue weighted by Gasteiger charge is -2.16. The van der Waals surface area contributed by atoms with Crippen LogP contribution < -0.4 is 0 Å². The molecule has 0 aliphatic heterocycles. The van der Waals surface area contributed by atoms with Crippen LogP contribution in [0.1, 0.15) is 34.8 Å². The number of esters is 1. The number of rotatable bonds is 6. The van der Waals surface area contributed by atoms with Crippen LogP contribution in [-0.4, -0.2) is 39.6 Å². The molecule has 1 aromatic rings. The van der Waals surface area contributed by atoms with E-state index in [1.165, 1.54) is 5.51 Å². The number of aromatic nitrogens is 1. The smallest absolute Gasteiger partial charge is 0.358 e. The molecule has 1 rings (SSSR count). The maximum Gasteiger partial charge on any atom is 0.358 e. The highest BCUT2D eigenvalue weighted by atomic mass is 32.1. The largest absolute Gasteiger partial charge is 0.461 e. The molecule has 96 valence electrons. The Bertz CT molecular complexity index is 369. The Morgan fingerprint density at radius 2 is 2.35 bits per heavy atom. The highest BCUT2D eigenvalue weighted by Crippen LogP contribution is 2.26. The maximum atomic E-state index is 11.5. The van der Waals surface area contributed by atoms with Gasteiger partial charge in [0.15, 0.2) is 5.69 Å². The quantitative estimate of drug-likeness (QED) is 0.535. The minimum absolute atomic E-state index is 0.0718. The third kappa shape index (κ3) is 3.67. The van der Waals surface area contributed by atoms with Crippen LogP contribution in [0.25, 0.3) is 0 Å². The van der Waals surface area contributed by atoms with E-state index < -0.39 is 18.2 Å². The second-order valence-corrected chi connectivity index (χ2v) is 4.64. The molecule has 0 aliphatic rings. The molecule has 0 fully saturated rings. The second-order valence-electron chi connectivity index (χ2n) is 3.31. The molecule has 0 saturated carbocycles. The van der Waals surface area contributed by atoms with E-state index in [1.807, 2.05) is 0 Å². The average Bonchev–Trinajstić information content (AvgIpc) is 2.77. The van der Waals surface area contributed by atoms with Crippen molar-refractivity contribution in [3.8, 4) is 0 Å². The third-order valence-corrected chi connectivity index (χ3v) is 3.28. The zero-order valence-electron chi connectivity index (χ0n) is 9.37. The summed E-state index contributed by atoms with van der Waals surface area (Å²) >= 11 is 5.10. The summed E-state index contributed by atoms with van der Waals surface area (Å²) in [5, 5.41) is 19.5. The molecule has 1 heterocycles. The summed E-state index contributed by atoms with van der Waals surface area (Å²) in [5.41, 5.74) is 1.51. The van der Waals surface area contributed by atoms with Gasteiger partial charge in [-0.3, -0.25) is 0 Å². The van der Waals surface area contributed by atoms with Crippen LogP contribution in [0.5, 0.6) is 0 Å². The van der Waals surface area contributed by atoms with Gasteiger partial charge < -0.3 is 14.9 Å². The summed E-state index contributed by atoms with van der Waals surface area (Å²) in [5.74, 6) is -0.132. The maximum absolute atomic E-state index is 11.5. The van der Waals surface area contributed by atoms with Crippen molar-refractivity contribution in [2.24, 2.45) is 0 Å². The Hall–Kier alpha value is -0.630. The van der Waals surface area contributed by atoms with Gasteiger partial charge >= 0.3 is 5.97 Å². The van der Waals surface area contributed by atoms with Crippen LogP contribution in [0.2, 0.25) is 0 Å². The number of thiol groups is 1. The molecule has 0 radical (unpaired) electrons. The van der Waals surface area contributed by atoms with Gasteiger partial charge in [0, 0.05) is 0 Å². The van der Waals surface area contributed by atoms with Crippen molar-refractivity contribution >= 4 is 29.9 Å². The summed E-state index contributed by atoms with van der Waals surface area (Å²) in [6.07, 6.45) is -1.75. The zero-order valence-corrected chi connectivity index (χ0v) is 11.1. The number of nitrogens with zero attached hydrogens (tertiary/aromatic N) is 1. The number of carbonyl (C=O) groups is 1. The van der Waals surface area contributed by atoms with Crippen molar-refractivity contribution in [3.05, 3.63) is 16.1 Å². The topological polar surface area (TPSA) is 79.7 Å².